The van der Waals surface area contributed by atoms with E-state index in [1.54, 1.807) is 61.5 Å². The number of ether oxygens (including phenoxy) is 1. The molecule has 0 aliphatic carbocycles. The van der Waals surface area contributed by atoms with Crippen LogP contribution in [0.5, 0.6) is 5.75 Å². The second kappa shape index (κ2) is 15.3. The quantitative estimate of drug-likeness (QED) is 0.227. The number of benzene rings is 3. The Morgan fingerprint density at radius 3 is 2.10 bits per heavy atom. The standard InChI is InChI=1S/C31H37Cl2N3O5S/c1-5-19-34-31(38)29(6-2)35(20-26-27(32)9-8-10-28(26)33)30(37)21-36(23-13-11-22(4)12-14-23)42(39,40)25-17-15-24(16-18-25)41-7-3/h8-18,29H,5-7,19-21H2,1-4H3,(H,34,38)/t29-/m1/s1. The molecule has 0 unspecified atom stereocenters. The van der Waals surface area contributed by atoms with Crippen LogP contribution >= 0.6 is 23.2 Å². The van der Waals surface area contributed by atoms with Crippen molar-refractivity contribution in [3.05, 3.63) is 87.9 Å². The van der Waals surface area contributed by atoms with E-state index in [2.05, 4.69) is 5.32 Å². The number of sulfonamides is 1. The summed E-state index contributed by atoms with van der Waals surface area (Å²) in [6.45, 7) is 7.67. The Morgan fingerprint density at radius 1 is 0.929 bits per heavy atom. The first-order chi connectivity index (χ1) is 20.0. The summed E-state index contributed by atoms with van der Waals surface area (Å²) in [5.74, 6) is -0.396. The monoisotopic (exact) mass is 633 g/mol. The van der Waals surface area contributed by atoms with E-state index in [0.717, 1.165) is 9.87 Å². The lowest BCUT2D eigenvalue weighted by Crippen LogP contribution is -2.52. The van der Waals surface area contributed by atoms with E-state index in [-0.39, 0.29) is 17.3 Å². The Morgan fingerprint density at radius 2 is 1.55 bits per heavy atom. The molecule has 11 heteroatoms. The molecule has 2 amide bonds. The molecule has 8 nitrogen and oxygen atoms in total. The van der Waals surface area contributed by atoms with Gasteiger partial charge in [-0.1, -0.05) is 60.8 Å². The first kappa shape index (κ1) is 33.2. The molecule has 0 saturated heterocycles. The largest absolute Gasteiger partial charge is 0.494 e. The summed E-state index contributed by atoms with van der Waals surface area (Å²) in [5.41, 5.74) is 1.70. The van der Waals surface area contributed by atoms with Gasteiger partial charge in [-0.25, -0.2) is 8.42 Å². The number of halogens is 2. The average molecular weight is 635 g/mol. The van der Waals surface area contributed by atoms with E-state index in [1.807, 2.05) is 20.8 Å². The predicted octanol–water partition coefficient (Wildman–Crippen LogP) is 6.23. The van der Waals surface area contributed by atoms with E-state index >= 15 is 0 Å². The Bertz CT molecular complexity index is 1440. The summed E-state index contributed by atoms with van der Waals surface area (Å²) in [6.07, 6.45) is 1.01. The normalized spacial score (nSPS) is 12.0. The SMILES string of the molecule is CCCNC(=O)[C@@H](CC)N(Cc1c(Cl)cccc1Cl)C(=O)CN(c1ccc(C)cc1)S(=O)(=O)c1ccc(OCC)cc1. The zero-order chi connectivity index (χ0) is 30.9. The first-order valence-corrected chi connectivity index (χ1v) is 16.0. The molecule has 0 aliphatic rings. The van der Waals surface area contributed by atoms with Gasteiger partial charge < -0.3 is 15.0 Å². The molecule has 0 saturated carbocycles. The number of hydrogen-bond acceptors (Lipinski definition) is 5. The minimum absolute atomic E-state index is 0.00671. The molecule has 0 heterocycles. The molecule has 0 bridgehead atoms. The predicted molar refractivity (Wildman–Crippen MR) is 168 cm³/mol. The van der Waals surface area contributed by atoms with Crippen LogP contribution in [0.1, 0.15) is 44.7 Å². The highest BCUT2D eigenvalue weighted by Gasteiger charge is 2.34. The van der Waals surface area contributed by atoms with Crippen molar-refractivity contribution >= 4 is 50.7 Å². The molecule has 1 N–H and O–H groups in total. The molecule has 0 radical (unpaired) electrons. The summed E-state index contributed by atoms with van der Waals surface area (Å²) >= 11 is 12.9. The number of nitrogens with zero attached hydrogens (tertiary/aromatic N) is 2. The highest BCUT2D eigenvalue weighted by Crippen LogP contribution is 2.29. The Labute approximate surface area is 258 Å². The molecule has 1 atom stereocenters. The molecule has 0 spiro atoms. The van der Waals surface area contributed by atoms with E-state index in [4.69, 9.17) is 27.9 Å². The molecule has 3 rings (SSSR count). The van der Waals surface area contributed by atoms with Crippen LogP contribution in [0.25, 0.3) is 0 Å². The van der Waals surface area contributed by atoms with Crippen molar-refractivity contribution < 1.29 is 22.7 Å². The number of anilines is 1. The van der Waals surface area contributed by atoms with Crippen LogP contribution in [0.3, 0.4) is 0 Å². The third-order valence-corrected chi connectivity index (χ3v) is 9.15. The van der Waals surface area contributed by atoms with E-state index in [9.17, 15) is 18.0 Å². The van der Waals surface area contributed by atoms with Gasteiger partial charge in [-0.15, -0.1) is 0 Å². The third-order valence-electron chi connectivity index (χ3n) is 6.65. The summed E-state index contributed by atoms with van der Waals surface area (Å²) in [7, 11) is -4.21. The Balaban J connectivity index is 2.07. The molecule has 3 aromatic carbocycles. The lowest BCUT2D eigenvalue weighted by molar-refractivity contribution is -0.140. The van der Waals surface area contributed by atoms with E-state index in [1.165, 1.54) is 17.0 Å². The summed E-state index contributed by atoms with van der Waals surface area (Å²) in [5, 5.41) is 3.52. The van der Waals surface area contributed by atoms with Crippen LogP contribution in [0.2, 0.25) is 10.0 Å². The molecule has 3 aromatic rings. The second-order valence-electron chi connectivity index (χ2n) is 9.69. The number of carbonyl (C=O) groups is 2. The molecule has 0 aromatic heterocycles. The van der Waals surface area contributed by atoms with Crippen LogP contribution in [0.15, 0.2) is 71.6 Å². The fourth-order valence-electron chi connectivity index (χ4n) is 4.38. The third kappa shape index (κ3) is 8.18. The molecule has 0 fully saturated rings. The number of hydrogen-bond donors (Lipinski definition) is 1. The smallest absolute Gasteiger partial charge is 0.264 e. The zero-order valence-electron chi connectivity index (χ0n) is 24.3. The van der Waals surface area contributed by atoms with Crippen LogP contribution in [-0.4, -0.2) is 50.9 Å². The Hall–Kier alpha value is -3.27. The van der Waals surface area contributed by atoms with Gasteiger partial charge >= 0.3 is 0 Å². The lowest BCUT2D eigenvalue weighted by Gasteiger charge is -2.33. The van der Waals surface area contributed by atoms with Crippen LogP contribution in [0.4, 0.5) is 5.69 Å². The first-order valence-electron chi connectivity index (χ1n) is 13.9. The van der Waals surface area contributed by atoms with Gasteiger partial charge in [0.2, 0.25) is 11.8 Å². The molecule has 42 heavy (non-hydrogen) atoms. The van der Waals surface area contributed by atoms with Crippen molar-refractivity contribution in [3.63, 3.8) is 0 Å². The number of carbonyl (C=O) groups excluding carboxylic acids is 2. The van der Waals surface area contributed by atoms with Crippen LogP contribution in [-0.2, 0) is 26.2 Å². The maximum atomic E-state index is 14.2. The average Bonchev–Trinajstić information content (AvgIpc) is 2.97. The van der Waals surface area contributed by atoms with E-state index in [0.29, 0.717) is 53.0 Å². The van der Waals surface area contributed by atoms with Gasteiger partial charge in [0.1, 0.15) is 18.3 Å². The van der Waals surface area contributed by atoms with Crippen molar-refractivity contribution in [2.75, 3.05) is 24.0 Å². The van der Waals surface area contributed by atoms with Gasteiger partial charge in [0.05, 0.1) is 17.2 Å². The second-order valence-corrected chi connectivity index (χ2v) is 12.4. The Kier molecular flexibility index (Phi) is 12.1. The zero-order valence-corrected chi connectivity index (χ0v) is 26.6. The van der Waals surface area contributed by atoms with Gasteiger partial charge in [-0.3, -0.25) is 13.9 Å². The minimum atomic E-state index is -4.21. The highest BCUT2D eigenvalue weighted by molar-refractivity contribution is 7.92. The van der Waals surface area contributed by atoms with Crippen molar-refractivity contribution in [2.24, 2.45) is 0 Å². The van der Waals surface area contributed by atoms with Gasteiger partial charge in [-0.05, 0) is 75.2 Å². The maximum absolute atomic E-state index is 14.2. The molecular formula is C31H37Cl2N3O5S. The van der Waals surface area contributed by atoms with Crippen molar-refractivity contribution in [1.29, 1.82) is 0 Å². The van der Waals surface area contributed by atoms with Crippen molar-refractivity contribution in [1.82, 2.24) is 10.2 Å². The van der Waals surface area contributed by atoms with Crippen molar-refractivity contribution in [2.45, 2.75) is 58.0 Å². The number of amides is 2. The summed E-state index contributed by atoms with van der Waals surface area (Å²) in [4.78, 5) is 28.7. The van der Waals surface area contributed by atoms with Crippen LogP contribution < -0.4 is 14.4 Å². The summed E-state index contributed by atoms with van der Waals surface area (Å²) in [6, 6.07) is 17.0. The molecule has 226 valence electrons. The topological polar surface area (TPSA) is 96.0 Å². The van der Waals surface area contributed by atoms with Crippen LogP contribution in [0, 0.1) is 6.92 Å². The minimum Gasteiger partial charge on any atom is -0.494 e. The molecular weight excluding hydrogens is 597 g/mol. The van der Waals surface area contributed by atoms with Gasteiger partial charge in [0, 0.05) is 28.7 Å². The lowest BCUT2D eigenvalue weighted by atomic mass is 10.1. The van der Waals surface area contributed by atoms with E-state index < -0.39 is 28.5 Å². The number of nitrogens with one attached hydrogen (secondary N) is 1. The van der Waals surface area contributed by atoms with Crippen molar-refractivity contribution in [3.8, 4) is 5.75 Å². The number of rotatable bonds is 14. The highest BCUT2D eigenvalue weighted by atomic mass is 35.5. The van der Waals surface area contributed by atoms with Gasteiger partial charge in [0.15, 0.2) is 0 Å². The van der Waals surface area contributed by atoms with Gasteiger partial charge in [0.25, 0.3) is 10.0 Å². The van der Waals surface area contributed by atoms with Gasteiger partial charge in [-0.2, -0.15) is 0 Å². The fraction of sp³-hybridized carbons (Fsp3) is 0.355. The number of aryl methyl sites for hydroxylation is 1. The fourth-order valence-corrected chi connectivity index (χ4v) is 6.31. The molecule has 0 aliphatic heterocycles. The summed E-state index contributed by atoms with van der Waals surface area (Å²) < 4.78 is 34.6. The maximum Gasteiger partial charge on any atom is 0.264 e.